The van der Waals surface area contributed by atoms with Crippen molar-refractivity contribution in [3.05, 3.63) is 76.0 Å². The summed E-state index contributed by atoms with van der Waals surface area (Å²) >= 11 is 1.47. The number of aryl methyl sites for hydroxylation is 1. The van der Waals surface area contributed by atoms with Gasteiger partial charge in [-0.25, -0.2) is 4.98 Å². The number of ether oxygens (including phenoxy) is 1. The first-order chi connectivity index (χ1) is 12.2. The van der Waals surface area contributed by atoms with E-state index in [0.717, 1.165) is 21.9 Å². The third-order valence-electron chi connectivity index (χ3n) is 3.78. The zero-order chi connectivity index (χ0) is 17.6. The second kappa shape index (κ2) is 7.90. The lowest BCUT2D eigenvalue weighted by Crippen LogP contribution is -2.30. The fraction of sp³-hybridized carbons (Fsp3) is 0.211. The fourth-order valence-corrected chi connectivity index (χ4v) is 3.16. The molecule has 1 amide bonds. The van der Waals surface area contributed by atoms with Gasteiger partial charge >= 0.3 is 0 Å². The number of pyridine rings is 1. The number of para-hydroxylation sites is 1. The molecule has 1 aromatic carbocycles. The number of aromatic nitrogens is 2. The summed E-state index contributed by atoms with van der Waals surface area (Å²) in [4.78, 5) is 23.2. The summed E-state index contributed by atoms with van der Waals surface area (Å²) in [6.45, 7) is 2.79. The molecule has 2 aromatic heterocycles. The third kappa shape index (κ3) is 4.22. The summed E-state index contributed by atoms with van der Waals surface area (Å²) in [6, 6.07) is 11.6. The Labute approximate surface area is 150 Å². The normalized spacial score (nSPS) is 10.5. The van der Waals surface area contributed by atoms with Gasteiger partial charge < -0.3 is 9.64 Å². The molecule has 0 N–H and O–H groups in total. The van der Waals surface area contributed by atoms with Crippen LogP contribution in [0.5, 0.6) is 5.75 Å². The Morgan fingerprint density at radius 2 is 2.04 bits per heavy atom. The quantitative estimate of drug-likeness (QED) is 0.678. The van der Waals surface area contributed by atoms with Gasteiger partial charge in [-0.3, -0.25) is 9.78 Å². The molecule has 0 unspecified atom stereocenters. The number of amides is 1. The summed E-state index contributed by atoms with van der Waals surface area (Å²) in [5, 5.41) is 2.68. The lowest BCUT2D eigenvalue weighted by Gasteiger charge is -2.23. The monoisotopic (exact) mass is 353 g/mol. The number of rotatable bonds is 6. The molecule has 0 radical (unpaired) electrons. The molecular formula is C19H19N3O2S. The summed E-state index contributed by atoms with van der Waals surface area (Å²) in [5.41, 5.74) is 2.40. The molecule has 0 aliphatic carbocycles. The molecule has 0 saturated carbocycles. The molecule has 0 aliphatic rings. The molecule has 0 saturated heterocycles. The van der Waals surface area contributed by atoms with Crippen molar-refractivity contribution >= 4 is 17.2 Å². The minimum absolute atomic E-state index is 0.0980. The highest BCUT2D eigenvalue weighted by Crippen LogP contribution is 2.22. The first-order valence-corrected chi connectivity index (χ1v) is 8.77. The second-order valence-electron chi connectivity index (χ2n) is 5.59. The highest BCUT2D eigenvalue weighted by atomic mass is 32.1. The van der Waals surface area contributed by atoms with Gasteiger partial charge in [0.25, 0.3) is 5.91 Å². The number of carbonyl (C=O) groups excluding carboxylic acids is 1. The first-order valence-electron chi connectivity index (χ1n) is 7.89. The second-order valence-corrected chi connectivity index (χ2v) is 6.65. The van der Waals surface area contributed by atoms with E-state index in [1.54, 1.807) is 29.8 Å². The maximum atomic E-state index is 13.0. The summed E-state index contributed by atoms with van der Waals surface area (Å²) in [6.07, 6.45) is 3.49. The highest BCUT2D eigenvalue weighted by Gasteiger charge is 2.20. The Morgan fingerprint density at radius 3 is 2.72 bits per heavy atom. The zero-order valence-corrected chi connectivity index (χ0v) is 15.0. The molecule has 0 atom stereocenters. The van der Waals surface area contributed by atoms with Crippen LogP contribution in [-0.4, -0.2) is 27.9 Å². The van der Waals surface area contributed by atoms with Crippen LogP contribution in [0.3, 0.4) is 0 Å². The molecule has 0 fully saturated rings. The lowest BCUT2D eigenvalue weighted by atomic mass is 10.1. The summed E-state index contributed by atoms with van der Waals surface area (Å²) < 4.78 is 5.42. The largest absolute Gasteiger partial charge is 0.496 e. The lowest BCUT2D eigenvalue weighted by molar-refractivity contribution is 0.0723. The molecule has 3 aromatic rings. The Kier molecular flexibility index (Phi) is 5.40. The molecule has 128 valence electrons. The van der Waals surface area contributed by atoms with Crippen molar-refractivity contribution < 1.29 is 9.53 Å². The number of thiazole rings is 1. The average Bonchev–Trinajstić information content (AvgIpc) is 3.08. The predicted octanol–water partition coefficient (Wildman–Crippen LogP) is 3.70. The average molecular weight is 353 g/mol. The van der Waals surface area contributed by atoms with Crippen LogP contribution in [0.2, 0.25) is 0 Å². The van der Waals surface area contributed by atoms with E-state index in [-0.39, 0.29) is 5.91 Å². The Bertz CT molecular complexity index is 849. The van der Waals surface area contributed by atoms with Crippen molar-refractivity contribution in [2.75, 3.05) is 7.11 Å². The van der Waals surface area contributed by atoms with E-state index in [1.807, 2.05) is 43.3 Å². The van der Waals surface area contributed by atoms with Crippen LogP contribution in [0.25, 0.3) is 0 Å². The van der Waals surface area contributed by atoms with Crippen molar-refractivity contribution in [3.8, 4) is 5.75 Å². The van der Waals surface area contributed by atoms with Gasteiger partial charge in [0.15, 0.2) is 0 Å². The Hall–Kier alpha value is -2.73. The van der Waals surface area contributed by atoms with Crippen molar-refractivity contribution in [3.63, 3.8) is 0 Å². The van der Waals surface area contributed by atoms with Crippen LogP contribution in [-0.2, 0) is 13.1 Å². The van der Waals surface area contributed by atoms with E-state index < -0.39 is 0 Å². The number of nitrogens with zero attached hydrogens (tertiary/aromatic N) is 3. The topological polar surface area (TPSA) is 55.3 Å². The van der Waals surface area contributed by atoms with E-state index >= 15 is 0 Å². The van der Waals surface area contributed by atoms with Crippen molar-refractivity contribution in [1.82, 2.24) is 14.9 Å². The van der Waals surface area contributed by atoms with Gasteiger partial charge in [0, 0.05) is 29.9 Å². The maximum Gasteiger partial charge on any atom is 0.273 e. The van der Waals surface area contributed by atoms with Gasteiger partial charge in [0.05, 0.1) is 18.7 Å². The number of carbonyl (C=O) groups is 1. The predicted molar refractivity (Wildman–Crippen MR) is 97.7 cm³/mol. The van der Waals surface area contributed by atoms with Crippen LogP contribution in [0.1, 0.15) is 26.6 Å². The number of hydrogen-bond donors (Lipinski definition) is 0. The summed E-state index contributed by atoms with van der Waals surface area (Å²) in [5.74, 6) is 0.667. The highest BCUT2D eigenvalue weighted by molar-refractivity contribution is 7.09. The minimum atomic E-state index is -0.0980. The maximum absolute atomic E-state index is 13.0. The van der Waals surface area contributed by atoms with E-state index in [0.29, 0.717) is 18.8 Å². The van der Waals surface area contributed by atoms with Gasteiger partial charge in [-0.2, -0.15) is 0 Å². The molecule has 25 heavy (non-hydrogen) atoms. The van der Waals surface area contributed by atoms with Crippen LogP contribution < -0.4 is 4.74 Å². The van der Waals surface area contributed by atoms with E-state index in [1.165, 1.54) is 11.3 Å². The van der Waals surface area contributed by atoms with Gasteiger partial charge in [-0.05, 0) is 24.6 Å². The molecule has 3 rings (SSSR count). The number of hydrogen-bond acceptors (Lipinski definition) is 5. The molecule has 2 heterocycles. The van der Waals surface area contributed by atoms with E-state index in [9.17, 15) is 4.79 Å². The Morgan fingerprint density at radius 1 is 1.20 bits per heavy atom. The summed E-state index contributed by atoms with van der Waals surface area (Å²) in [7, 11) is 1.63. The van der Waals surface area contributed by atoms with Gasteiger partial charge in [-0.15, -0.1) is 11.3 Å². The van der Waals surface area contributed by atoms with Crippen LogP contribution in [0.4, 0.5) is 0 Å². The van der Waals surface area contributed by atoms with Crippen molar-refractivity contribution in [2.45, 2.75) is 20.0 Å². The van der Waals surface area contributed by atoms with Crippen LogP contribution in [0, 0.1) is 6.92 Å². The zero-order valence-electron chi connectivity index (χ0n) is 14.2. The van der Waals surface area contributed by atoms with Crippen LogP contribution >= 0.6 is 11.3 Å². The minimum Gasteiger partial charge on any atom is -0.496 e. The van der Waals surface area contributed by atoms with Crippen molar-refractivity contribution in [1.29, 1.82) is 0 Å². The smallest absolute Gasteiger partial charge is 0.273 e. The molecule has 0 spiro atoms. The van der Waals surface area contributed by atoms with Crippen LogP contribution in [0.15, 0.2) is 54.2 Å². The Balaban J connectivity index is 1.89. The number of methoxy groups -OCH3 is 1. The van der Waals surface area contributed by atoms with Crippen molar-refractivity contribution in [2.24, 2.45) is 0 Å². The molecule has 0 aliphatic heterocycles. The fourth-order valence-electron chi connectivity index (χ4n) is 2.57. The molecule has 6 heteroatoms. The standard InChI is InChI=1S/C19H19N3O2S/c1-14-21-17(13-25-14)19(23)22(11-15-6-5-9-20-10-15)12-16-7-3-4-8-18(16)24-2/h3-10,13H,11-12H2,1-2H3. The molecular weight excluding hydrogens is 334 g/mol. The van der Waals surface area contributed by atoms with E-state index in [2.05, 4.69) is 9.97 Å². The molecule has 0 bridgehead atoms. The van der Waals surface area contributed by atoms with Gasteiger partial charge in [0.2, 0.25) is 0 Å². The number of benzene rings is 1. The first kappa shape index (κ1) is 17.1. The van der Waals surface area contributed by atoms with Gasteiger partial charge in [-0.1, -0.05) is 24.3 Å². The third-order valence-corrected chi connectivity index (χ3v) is 4.55. The van der Waals surface area contributed by atoms with Gasteiger partial charge in [0.1, 0.15) is 11.4 Å². The molecule has 5 nitrogen and oxygen atoms in total. The SMILES string of the molecule is COc1ccccc1CN(Cc1cccnc1)C(=O)c1csc(C)n1. The van der Waals surface area contributed by atoms with E-state index in [4.69, 9.17) is 4.74 Å².